The fourth-order valence-corrected chi connectivity index (χ4v) is 3.35. The molecule has 0 aliphatic carbocycles. The van der Waals surface area contributed by atoms with E-state index in [0.29, 0.717) is 33.5 Å². The average Bonchev–Trinajstić information content (AvgIpc) is 2.86. The minimum atomic E-state index is -0.864. The van der Waals surface area contributed by atoms with Crippen molar-refractivity contribution in [3.63, 3.8) is 0 Å². The normalized spacial score (nSPS) is 11.0. The van der Waals surface area contributed by atoms with Crippen molar-refractivity contribution in [2.45, 2.75) is 26.9 Å². The van der Waals surface area contributed by atoms with Crippen LogP contribution in [0.5, 0.6) is 11.5 Å². The summed E-state index contributed by atoms with van der Waals surface area (Å²) in [5.74, 6) is -0.619. The fourth-order valence-electron chi connectivity index (χ4n) is 3.16. The third kappa shape index (κ3) is 6.36. The minimum absolute atomic E-state index is 0.286. The van der Waals surface area contributed by atoms with E-state index in [1.165, 1.54) is 7.11 Å². The number of carbonyl (C=O) groups is 2. The van der Waals surface area contributed by atoms with Crippen molar-refractivity contribution in [3.05, 3.63) is 88.4 Å². The van der Waals surface area contributed by atoms with Crippen LogP contribution in [-0.2, 0) is 22.6 Å². The molecule has 0 aliphatic heterocycles. The van der Waals surface area contributed by atoms with Gasteiger partial charge in [0.2, 0.25) is 0 Å². The third-order valence-corrected chi connectivity index (χ3v) is 5.47. The molecule has 0 bridgehead atoms. The molecule has 0 radical (unpaired) electrons. The topological polar surface area (TPSA) is 89.0 Å². The van der Waals surface area contributed by atoms with Gasteiger partial charge in [0.05, 0.1) is 12.8 Å². The molecular weight excluding hydrogens is 454 g/mol. The van der Waals surface area contributed by atoms with Crippen LogP contribution in [0.25, 0.3) is 0 Å². The van der Waals surface area contributed by atoms with Crippen molar-refractivity contribution < 1.29 is 19.1 Å². The van der Waals surface area contributed by atoms with E-state index in [0.717, 1.165) is 17.5 Å². The summed E-state index contributed by atoms with van der Waals surface area (Å²) >= 11 is 6.18. The number of nitrogens with one attached hydrogen (secondary N) is 2. The predicted octanol–water partition coefficient (Wildman–Crippen LogP) is 4.97. The highest BCUT2D eigenvalue weighted by Gasteiger charge is 2.15. The lowest BCUT2D eigenvalue weighted by Gasteiger charge is -2.13. The highest BCUT2D eigenvalue weighted by molar-refractivity contribution is 6.39. The molecule has 0 aliphatic rings. The first-order valence-corrected chi connectivity index (χ1v) is 11.1. The van der Waals surface area contributed by atoms with Gasteiger partial charge in [-0.15, -0.1) is 0 Å². The van der Waals surface area contributed by atoms with Gasteiger partial charge in [-0.05, 0) is 49.2 Å². The number of aryl methyl sites for hydroxylation is 1. The average molecular weight is 480 g/mol. The molecule has 3 aromatic rings. The van der Waals surface area contributed by atoms with Crippen LogP contribution in [0, 0.1) is 0 Å². The number of ether oxygens (including phenoxy) is 2. The lowest BCUT2D eigenvalue weighted by molar-refractivity contribution is -0.136. The van der Waals surface area contributed by atoms with Crippen molar-refractivity contribution in [1.82, 2.24) is 5.43 Å². The number of hydrazone groups is 1. The molecule has 34 heavy (non-hydrogen) atoms. The van der Waals surface area contributed by atoms with E-state index in [-0.39, 0.29) is 6.61 Å². The Morgan fingerprint density at radius 2 is 1.65 bits per heavy atom. The number of anilines is 1. The first-order valence-electron chi connectivity index (χ1n) is 10.7. The Labute approximate surface area is 203 Å². The zero-order valence-corrected chi connectivity index (χ0v) is 20.0. The van der Waals surface area contributed by atoms with Gasteiger partial charge in [0.25, 0.3) is 0 Å². The second-order valence-corrected chi connectivity index (χ2v) is 7.76. The van der Waals surface area contributed by atoms with Crippen LogP contribution in [0.15, 0.2) is 71.8 Å². The lowest BCUT2D eigenvalue weighted by atomic mass is 10.1. The standard InChI is InChI=1S/C26H26ClN3O4/c1-4-18-9-6-8-12-22(18)28-25(31)26(32)30-29-17(2)19-13-14-23(24(15-19)33-3)34-16-20-10-5-7-11-21(20)27/h5-15H,4,16H2,1-3H3,(H,28,31)(H,30,32)/b29-17+. The van der Waals surface area contributed by atoms with Crippen LogP contribution in [0.2, 0.25) is 5.02 Å². The molecule has 0 atom stereocenters. The minimum Gasteiger partial charge on any atom is -0.493 e. The SMILES string of the molecule is CCc1ccccc1NC(=O)C(=O)N/N=C(\C)c1ccc(OCc2ccccc2Cl)c(OC)c1. The maximum Gasteiger partial charge on any atom is 0.329 e. The molecule has 0 saturated carbocycles. The smallest absolute Gasteiger partial charge is 0.329 e. The van der Waals surface area contributed by atoms with Crippen LogP contribution in [-0.4, -0.2) is 24.6 Å². The molecule has 0 saturated heterocycles. The molecule has 0 unspecified atom stereocenters. The number of methoxy groups -OCH3 is 1. The van der Waals surface area contributed by atoms with Crippen molar-refractivity contribution in [2.24, 2.45) is 5.10 Å². The first-order chi connectivity index (χ1) is 16.4. The van der Waals surface area contributed by atoms with Crippen molar-refractivity contribution in [1.29, 1.82) is 0 Å². The van der Waals surface area contributed by atoms with Crippen molar-refractivity contribution in [2.75, 3.05) is 12.4 Å². The Kier molecular flexibility index (Phi) is 8.65. The summed E-state index contributed by atoms with van der Waals surface area (Å²) in [6, 6.07) is 20.0. The molecule has 8 heteroatoms. The zero-order chi connectivity index (χ0) is 24.5. The summed E-state index contributed by atoms with van der Waals surface area (Å²) in [5, 5.41) is 7.29. The molecule has 0 spiro atoms. The van der Waals surface area contributed by atoms with Gasteiger partial charge in [-0.3, -0.25) is 9.59 Å². The third-order valence-electron chi connectivity index (χ3n) is 5.10. The Bertz CT molecular complexity index is 1210. The molecule has 2 amide bonds. The number of hydrogen-bond acceptors (Lipinski definition) is 5. The number of para-hydroxylation sites is 1. The van der Waals surface area contributed by atoms with E-state index in [1.807, 2.05) is 37.3 Å². The molecule has 0 fully saturated rings. The van der Waals surface area contributed by atoms with Crippen LogP contribution in [0.1, 0.15) is 30.5 Å². The number of hydrogen-bond donors (Lipinski definition) is 2. The van der Waals surface area contributed by atoms with E-state index in [2.05, 4.69) is 15.8 Å². The fraction of sp³-hybridized carbons (Fsp3) is 0.192. The van der Waals surface area contributed by atoms with Crippen LogP contribution in [0.3, 0.4) is 0 Å². The molecular formula is C26H26ClN3O4. The van der Waals surface area contributed by atoms with Crippen molar-refractivity contribution >= 4 is 34.8 Å². The van der Waals surface area contributed by atoms with E-state index in [4.69, 9.17) is 21.1 Å². The summed E-state index contributed by atoms with van der Waals surface area (Å²) < 4.78 is 11.3. The highest BCUT2D eigenvalue weighted by atomic mass is 35.5. The summed E-state index contributed by atoms with van der Waals surface area (Å²) in [7, 11) is 1.54. The van der Waals surface area contributed by atoms with Gasteiger partial charge in [0, 0.05) is 21.8 Å². The predicted molar refractivity (Wildman–Crippen MR) is 134 cm³/mol. The highest BCUT2D eigenvalue weighted by Crippen LogP contribution is 2.30. The lowest BCUT2D eigenvalue weighted by Crippen LogP contribution is -2.33. The van der Waals surface area contributed by atoms with Gasteiger partial charge in [0.15, 0.2) is 11.5 Å². The van der Waals surface area contributed by atoms with Gasteiger partial charge >= 0.3 is 11.8 Å². The monoisotopic (exact) mass is 479 g/mol. The molecule has 3 aromatic carbocycles. The zero-order valence-electron chi connectivity index (χ0n) is 19.2. The van der Waals surface area contributed by atoms with E-state index in [9.17, 15) is 9.59 Å². The van der Waals surface area contributed by atoms with Crippen LogP contribution >= 0.6 is 11.6 Å². The van der Waals surface area contributed by atoms with Gasteiger partial charge in [0.1, 0.15) is 6.61 Å². The van der Waals surface area contributed by atoms with E-state index in [1.54, 1.807) is 43.3 Å². The van der Waals surface area contributed by atoms with E-state index >= 15 is 0 Å². The molecule has 3 rings (SSSR count). The maximum absolute atomic E-state index is 12.2. The number of benzene rings is 3. The number of carbonyl (C=O) groups excluding carboxylic acids is 2. The van der Waals surface area contributed by atoms with Crippen LogP contribution in [0.4, 0.5) is 5.69 Å². The number of amides is 2. The molecule has 0 heterocycles. The molecule has 0 aromatic heterocycles. The molecule has 2 N–H and O–H groups in total. The van der Waals surface area contributed by atoms with Crippen LogP contribution < -0.4 is 20.2 Å². The maximum atomic E-state index is 12.2. The summed E-state index contributed by atoms with van der Waals surface area (Å²) in [6.07, 6.45) is 0.731. The number of nitrogens with zero attached hydrogens (tertiary/aromatic N) is 1. The second-order valence-electron chi connectivity index (χ2n) is 7.35. The van der Waals surface area contributed by atoms with Gasteiger partial charge in [-0.2, -0.15) is 5.10 Å². The Morgan fingerprint density at radius 1 is 0.941 bits per heavy atom. The van der Waals surface area contributed by atoms with Gasteiger partial charge in [-0.25, -0.2) is 5.43 Å². The largest absolute Gasteiger partial charge is 0.493 e. The summed E-state index contributed by atoms with van der Waals surface area (Å²) in [4.78, 5) is 24.5. The van der Waals surface area contributed by atoms with Gasteiger partial charge in [-0.1, -0.05) is 54.9 Å². The number of halogens is 1. The summed E-state index contributed by atoms with van der Waals surface area (Å²) in [6.45, 7) is 3.97. The molecule has 176 valence electrons. The quantitative estimate of drug-likeness (QED) is 0.271. The molecule has 7 nitrogen and oxygen atoms in total. The Balaban J connectivity index is 1.64. The van der Waals surface area contributed by atoms with E-state index < -0.39 is 11.8 Å². The summed E-state index contributed by atoms with van der Waals surface area (Å²) in [5.41, 5.74) is 5.87. The second kappa shape index (κ2) is 11.9. The Hall–Kier alpha value is -3.84. The Morgan fingerprint density at radius 3 is 2.35 bits per heavy atom. The first kappa shape index (κ1) is 24.8. The van der Waals surface area contributed by atoms with Crippen molar-refractivity contribution in [3.8, 4) is 11.5 Å². The number of rotatable bonds is 8. The van der Waals surface area contributed by atoms with Gasteiger partial charge < -0.3 is 14.8 Å².